The van der Waals surface area contributed by atoms with Crippen LogP contribution in [0.4, 0.5) is 0 Å². The third-order valence-corrected chi connectivity index (χ3v) is 2.30. The van der Waals surface area contributed by atoms with Gasteiger partial charge in [-0.3, -0.25) is 4.74 Å². The standard InChI is InChI=1S/C12H26O7/c1-7-17-11(15-5,9-13-3)19-12(16-6,10-14-4)18-8-2/h7-10H2,1-6H3. The van der Waals surface area contributed by atoms with Crippen molar-refractivity contribution < 1.29 is 33.2 Å². The fourth-order valence-corrected chi connectivity index (χ4v) is 1.55. The summed E-state index contributed by atoms with van der Waals surface area (Å²) in [7, 11) is 5.94. The molecule has 2 unspecified atom stereocenters. The van der Waals surface area contributed by atoms with E-state index in [0.29, 0.717) is 13.2 Å². The van der Waals surface area contributed by atoms with E-state index < -0.39 is 11.9 Å². The Balaban J connectivity index is 5.08. The number of rotatable bonds is 12. The number of ether oxygens (including phenoxy) is 7. The van der Waals surface area contributed by atoms with E-state index in [1.807, 2.05) is 13.8 Å². The topological polar surface area (TPSA) is 64.6 Å². The van der Waals surface area contributed by atoms with Crippen LogP contribution >= 0.6 is 0 Å². The first-order chi connectivity index (χ1) is 9.07. The van der Waals surface area contributed by atoms with E-state index in [2.05, 4.69) is 0 Å². The first-order valence-electron chi connectivity index (χ1n) is 6.13. The van der Waals surface area contributed by atoms with Gasteiger partial charge < -0.3 is 28.4 Å². The normalized spacial score (nSPS) is 18.0. The Morgan fingerprint density at radius 1 is 0.684 bits per heavy atom. The van der Waals surface area contributed by atoms with Crippen LogP contribution in [-0.2, 0) is 33.2 Å². The summed E-state index contributed by atoms with van der Waals surface area (Å²) >= 11 is 0. The van der Waals surface area contributed by atoms with Crippen molar-refractivity contribution in [3.05, 3.63) is 0 Å². The van der Waals surface area contributed by atoms with Gasteiger partial charge in [-0.05, 0) is 13.8 Å². The molecule has 0 aliphatic heterocycles. The quantitative estimate of drug-likeness (QED) is 0.494. The lowest BCUT2D eigenvalue weighted by atomic mass is 10.5. The zero-order valence-electron chi connectivity index (χ0n) is 12.7. The fourth-order valence-electron chi connectivity index (χ4n) is 1.55. The summed E-state index contributed by atoms with van der Waals surface area (Å²) in [6, 6.07) is 0. The monoisotopic (exact) mass is 282 g/mol. The van der Waals surface area contributed by atoms with Crippen LogP contribution in [0.5, 0.6) is 0 Å². The maximum atomic E-state index is 5.75. The Hall–Kier alpha value is -0.280. The molecule has 0 aliphatic rings. The molecule has 0 N–H and O–H groups in total. The van der Waals surface area contributed by atoms with Crippen LogP contribution in [0.15, 0.2) is 0 Å². The minimum atomic E-state index is -1.42. The smallest absolute Gasteiger partial charge is 0.311 e. The van der Waals surface area contributed by atoms with Crippen molar-refractivity contribution >= 4 is 0 Å². The van der Waals surface area contributed by atoms with Gasteiger partial charge in [-0.25, -0.2) is 0 Å². The highest BCUT2D eigenvalue weighted by molar-refractivity contribution is 4.64. The van der Waals surface area contributed by atoms with Gasteiger partial charge in [-0.15, -0.1) is 0 Å². The molecule has 19 heavy (non-hydrogen) atoms. The summed E-state index contributed by atoms with van der Waals surface area (Å²) in [5.41, 5.74) is 0. The van der Waals surface area contributed by atoms with Crippen LogP contribution < -0.4 is 0 Å². The van der Waals surface area contributed by atoms with E-state index in [0.717, 1.165) is 0 Å². The van der Waals surface area contributed by atoms with Gasteiger partial charge in [0, 0.05) is 41.7 Å². The number of hydrogen-bond acceptors (Lipinski definition) is 7. The van der Waals surface area contributed by atoms with Crippen LogP contribution in [0.1, 0.15) is 13.8 Å². The van der Waals surface area contributed by atoms with Crippen molar-refractivity contribution in [2.75, 3.05) is 54.9 Å². The molecule has 0 saturated carbocycles. The van der Waals surface area contributed by atoms with Gasteiger partial charge in [0.1, 0.15) is 13.2 Å². The molecule has 116 valence electrons. The fraction of sp³-hybridized carbons (Fsp3) is 1.00. The van der Waals surface area contributed by atoms with Crippen LogP contribution in [-0.4, -0.2) is 66.8 Å². The molecule has 0 aromatic rings. The molecule has 2 atom stereocenters. The van der Waals surface area contributed by atoms with Gasteiger partial charge in [0.25, 0.3) is 0 Å². The second-order valence-electron chi connectivity index (χ2n) is 3.61. The lowest BCUT2D eigenvalue weighted by molar-refractivity contribution is -0.505. The molecule has 7 nitrogen and oxygen atoms in total. The summed E-state index contributed by atoms with van der Waals surface area (Å²) in [5, 5.41) is 0. The molecule has 0 bridgehead atoms. The molecule has 0 amide bonds. The minimum Gasteiger partial charge on any atom is -0.376 e. The first kappa shape index (κ1) is 18.7. The van der Waals surface area contributed by atoms with E-state index in [1.54, 1.807) is 0 Å². The third kappa shape index (κ3) is 5.70. The molecule has 0 heterocycles. The Morgan fingerprint density at radius 2 is 1.05 bits per heavy atom. The van der Waals surface area contributed by atoms with Gasteiger partial charge >= 0.3 is 11.9 Å². The van der Waals surface area contributed by atoms with Crippen LogP contribution in [0.2, 0.25) is 0 Å². The van der Waals surface area contributed by atoms with Crippen LogP contribution in [0, 0.1) is 0 Å². The minimum absolute atomic E-state index is 0.0548. The zero-order valence-corrected chi connectivity index (χ0v) is 12.7. The lowest BCUT2D eigenvalue weighted by Crippen LogP contribution is -2.54. The molecule has 0 rings (SSSR count). The molecule has 0 aromatic heterocycles. The molecule has 7 heteroatoms. The highest BCUT2D eigenvalue weighted by atomic mass is 17.0. The van der Waals surface area contributed by atoms with Crippen molar-refractivity contribution in [1.82, 2.24) is 0 Å². The maximum Gasteiger partial charge on any atom is 0.311 e. The Labute approximate surface area is 115 Å². The zero-order chi connectivity index (χ0) is 14.8. The van der Waals surface area contributed by atoms with Crippen molar-refractivity contribution in [2.45, 2.75) is 25.8 Å². The number of hydrogen-bond donors (Lipinski definition) is 0. The van der Waals surface area contributed by atoms with E-state index in [1.165, 1.54) is 28.4 Å². The van der Waals surface area contributed by atoms with E-state index in [4.69, 9.17) is 33.2 Å². The lowest BCUT2D eigenvalue weighted by Gasteiger charge is -2.39. The molecule has 0 fully saturated rings. The van der Waals surface area contributed by atoms with Crippen LogP contribution in [0.25, 0.3) is 0 Å². The first-order valence-corrected chi connectivity index (χ1v) is 6.13. The Kier molecular flexibility index (Phi) is 9.46. The molecule has 0 spiro atoms. The maximum absolute atomic E-state index is 5.75. The summed E-state index contributed by atoms with van der Waals surface area (Å²) < 4.78 is 37.4. The highest BCUT2D eigenvalue weighted by Crippen LogP contribution is 2.26. The summed E-state index contributed by atoms with van der Waals surface area (Å²) in [4.78, 5) is 0. The molecule has 0 aromatic carbocycles. The van der Waals surface area contributed by atoms with Crippen molar-refractivity contribution in [2.24, 2.45) is 0 Å². The predicted molar refractivity (Wildman–Crippen MR) is 67.6 cm³/mol. The number of methoxy groups -OCH3 is 4. The van der Waals surface area contributed by atoms with Gasteiger partial charge in [0.2, 0.25) is 0 Å². The molecule has 0 aliphatic carbocycles. The second kappa shape index (κ2) is 9.60. The van der Waals surface area contributed by atoms with Crippen molar-refractivity contribution in [3.63, 3.8) is 0 Å². The van der Waals surface area contributed by atoms with Gasteiger partial charge in [0.15, 0.2) is 0 Å². The van der Waals surface area contributed by atoms with Crippen LogP contribution in [0.3, 0.4) is 0 Å². The van der Waals surface area contributed by atoms with E-state index in [-0.39, 0.29) is 13.2 Å². The molecular weight excluding hydrogens is 256 g/mol. The summed E-state index contributed by atoms with van der Waals surface area (Å²) in [5.74, 6) is -2.85. The summed E-state index contributed by atoms with van der Waals surface area (Å²) in [6.07, 6.45) is 0. The third-order valence-electron chi connectivity index (χ3n) is 2.30. The molecule has 0 saturated heterocycles. The average Bonchev–Trinajstić information content (AvgIpc) is 2.39. The summed E-state index contributed by atoms with van der Waals surface area (Å²) in [6.45, 7) is 4.49. The predicted octanol–water partition coefficient (Wildman–Crippen LogP) is 0.969. The Bertz CT molecular complexity index is 188. The average molecular weight is 282 g/mol. The Morgan fingerprint density at radius 3 is 1.26 bits per heavy atom. The van der Waals surface area contributed by atoms with Crippen molar-refractivity contribution in [1.29, 1.82) is 0 Å². The van der Waals surface area contributed by atoms with Crippen molar-refractivity contribution in [3.8, 4) is 0 Å². The second-order valence-corrected chi connectivity index (χ2v) is 3.61. The van der Waals surface area contributed by atoms with Gasteiger partial charge in [-0.1, -0.05) is 0 Å². The van der Waals surface area contributed by atoms with E-state index >= 15 is 0 Å². The van der Waals surface area contributed by atoms with Gasteiger partial charge in [-0.2, -0.15) is 0 Å². The molecular formula is C12H26O7. The van der Waals surface area contributed by atoms with E-state index in [9.17, 15) is 0 Å². The largest absolute Gasteiger partial charge is 0.376 e. The highest BCUT2D eigenvalue weighted by Gasteiger charge is 2.45. The SMILES string of the molecule is CCOC(COC)(OC)OC(COC)(OC)OCC. The molecule has 0 radical (unpaired) electrons. The van der Waals surface area contributed by atoms with Gasteiger partial charge in [0.05, 0.1) is 0 Å².